The number of hydrogen-bond donors (Lipinski definition) is 0. The van der Waals surface area contributed by atoms with Crippen molar-refractivity contribution in [3.63, 3.8) is 0 Å². The molecule has 1 aliphatic heterocycles. The van der Waals surface area contributed by atoms with Crippen LogP contribution in [0.3, 0.4) is 0 Å². The summed E-state index contributed by atoms with van der Waals surface area (Å²) in [5.41, 5.74) is 1.31. The van der Waals surface area contributed by atoms with Crippen molar-refractivity contribution >= 4 is 17.3 Å². The van der Waals surface area contributed by atoms with Crippen molar-refractivity contribution < 1.29 is 13.7 Å². The maximum absolute atomic E-state index is 14.3. The lowest BCUT2D eigenvalue weighted by Crippen LogP contribution is -2.30. The van der Waals surface area contributed by atoms with Crippen LogP contribution in [0.4, 0.5) is 14.5 Å². The molecule has 4 rings (SSSR count). The Balaban J connectivity index is 1.84. The van der Waals surface area contributed by atoms with E-state index >= 15 is 0 Å². The van der Waals surface area contributed by atoms with Crippen molar-refractivity contribution in [1.82, 2.24) is 9.47 Å². The Labute approximate surface area is 171 Å². The highest BCUT2D eigenvalue weighted by molar-refractivity contribution is 6.31. The van der Waals surface area contributed by atoms with E-state index in [9.17, 15) is 18.9 Å². The Morgan fingerprint density at radius 1 is 1.10 bits per heavy atom. The Morgan fingerprint density at radius 3 is 2.59 bits per heavy atom. The number of hydrogen-bond acceptors (Lipinski definition) is 3. The zero-order valence-corrected chi connectivity index (χ0v) is 16.1. The molecule has 0 fully saturated rings. The van der Waals surface area contributed by atoms with Crippen LogP contribution < -0.4 is 0 Å². The monoisotopic (exact) mass is 417 g/mol. The molecular formula is C21H18ClF2N3O2. The smallest absolute Gasteiger partial charge is 0.269 e. The number of nitro benzene ring substituents is 1. The molecular weight excluding hydrogens is 400 g/mol. The molecule has 1 unspecified atom stereocenters. The number of aryl methyl sites for hydroxylation is 1. The van der Waals surface area contributed by atoms with Crippen molar-refractivity contribution in [2.75, 3.05) is 6.54 Å². The fraction of sp³-hybridized carbons (Fsp3) is 0.238. The molecule has 0 amide bonds. The quantitative estimate of drug-likeness (QED) is 0.426. The van der Waals surface area contributed by atoms with E-state index in [1.165, 1.54) is 36.4 Å². The van der Waals surface area contributed by atoms with Crippen LogP contribution in [-0.4, -0.2) is 20.9 Å². The van der Waals surface area contributed by atoms with Gasteiger partial charge in [0.1, 0.15) is 11.6 Å². The lowest BCUT2D eigenvalue weighted by atomic mass is 10.00. The lowest BCUT2D eigenvalue weighted by Gasteiger charge is -2.31. The predicted molar refractivity (Wildman–Crippen MR) is 106 cm³/mol. The largest absolute Gasteiger partial charge is 0.350 e. The third kappa shape index (κ3) is 3.75. The first-order valence-corrected chi connectivity index (χ1v) is 9.59. The molecule has 1 atom stereocenters. The molecule has 0 aliphatic carbocycles. The summed E-state index contributed by atoms with van der Waals surface area (Å²) in [5, 5.41) is 11.7. The number of fused-ring (bicyclic) bond motifs is 1. The molecule has 5 nitrogen and oxygen atoms in total. The lowest BCUT2D eigenvalue weighted by molar-refractivity contribution is -0.384. The second-order valence-electron chi connectivity index (χ2n) is 7.02. The predicted octanol–water partition coefficient (Wildman–Crippen LogP) is 5.32. The van der Waals surface area contributed by atoms with E-state index in [0.29, 0.717) is 17.1 Å². The zero-order chi connectivity index (χ0) is 20.5. The fourth-order valence-corrected chi connectivity index (χ4v) is 4.13. The van der Waals surface area contributed by atoms with Crippen LogP contribution in [0.1, 0.15) is 29.3 Å². The number of nitrogens with zero attached hydrogens (tertiary/aromatic N) is 3. The number of benzene rings is 2. The molecule has 8 heteroatoms. The second kappa shape index (κ2) is 7.93. The summed E-state index contributed by atoms with van der Waals surface area (Å²) in [4.78, 5) is 12.8. The van der Waals surface area contributed by atoms with Crippen molar-refractivity contribution in [3.8, 4) is 0 Å². The van der Waals surface area contributed by atoms with Gasteiger partial charge in [0.15, 0.2) is 0 Å². The highest BCUT2D eigenvalue weighted by Crippen LogP contribution is 2.38. The van der Waals surface area contributed by atoms with Gasteiger partial charge in [0.05, 0.1) is 11.0 Å². The minimum absolute atomic E-state index is 0.0212. The molecule has 3 aromatic rings. The summed E-state index contributed by atoms with van der Waals surface area (Å²) >= 11 is 6.45. The minimum Gasteiger partial charge on any atom is -0.350 e. The summed E-state index contributed by atoms with van der Waals surface area (Å²) in [6.45, 7) is 1.31. The fourth-order valence-electron chi connectivity index (χ4n) is 3.91. The first-order valence-electron chi connectivity index (χ1n) is 9.21. The molecule has 1 aromatic heterocycles. The number of non-ortho nitro benzene ring substituents is 1. The van der Waals surface area contributed by atoms with Crippen molar-refractivity contribution in [2.24, 2.45) is 0 Å². The molecule has 0 saturated heterocycles. The summed E-state index contributed by atoms with van der Waals surface area (Å²) in [7, 11) is 0. The molecule has 0 spiro atoms. The van der Waals surface area contributed by atoms with Crippen LogP contribution in [0, 0.1) is 21.7 Å². The number of halogens is 3. The van der Waals surface area contributed by atoms with E-state index in [1.807, 2.05) is 23.2 Å². The van der Waals surface area contributed by atoms with Crippen molar-refractivity contribution in [1.29, 1.82) is 0 Å². The van der Waals surface area contributed by atoms with Crippen LogP contribution in [0.15, 0.2) is 54.7 Å². The molecule has 150 valence electrons. The van der Waals surface area contributed by atoms with Gasteiger partial charge in [-0.3, -0.25) is 15.0 Å². The third-order valence-corrected chi connectivity index (χ3v) is 5.61. The number of nitro groups is 1. The van der Waals surface area contributed by atoms with E-state index in [4.69, 9.17) is 11.6 Å². The van der Waals surface area contributed by atoms with Gasteiger partial charge < -0.3 is 4.57 Å². The molecule has 0 bridgehead atoms. The molecule has 2 heterocycles. The molecule has 0 N–H and O–H groups in total. The normalized spacial score (nSPS) is 17.0. The molecule has 29 heavy (non-hydrogen) atoms. The first kappa shape index (κ1) is 19.5. The molecule has 0 saturated carbocycles. The first-order chi connectivity index (χ1) is 14.0. The Hall–Kier alpha value is -2.77. The van der Waals surface area contributed by atoms with Crippen LogP contribution in [0.2, 0.25) is 5.02 Å². The van der Waals surface area contributed by atoms with E-state index in [0.717, 1.165) is 18.7 Å². The summed E-state index contributed by atoms with van der Waals surface area (Å²) in [5.74, 6) is -1.23. The van der Waals surface area contributed by atoms with Gasteiger partial charge in [0.25, 0.3) is 5.69 Å². The van der Waals surface area contributed by atoms with Crippen LogP contribution in [0.25, 0.3) is 0 Å². The van der Waals surface area contributed by atoms with E-state index in [2.05, 4.69) is 4.57 Å². The number of aromatic nitrogens is 1. The maximum atomic E-state index is 14.3. The molecule has 1 aliphatic rings. The zero-order valence-electron chi connectivity index (χ0n) is 15.4. The standard InChI is InChI=1S/C21H18ClF2N3O2/c22-17-8-7-14(27(28)29)12-15(17)21-20-6-2-9-25(20)10-3-11-26(21)13-16-18(23)4-1-5-19(16)24/h1-2,4-9,12,21H,3,10-11,13H2. The van der Waals surface area contributed by atoms with Crippen LogP contribution in [-0.2, 0) is 13.1 Å². The van der Waals surface area contributed by atoms with Crippen LogP contribution in [0.5, 0.6) is 0 Å². The summed E-state index contributed by atoms with van der Waals surface area (Å²) in [6, 6.07) is 11.4. The summed E-state index contributed by atoms with van der Waals surface area (Å²) in [6.07, 6.45) is 2.70. The van der Waals surface area contributed by atoms with Gasteiger partial charge in [-0.25, -0.2) is 8.78 Å². The van der Waals surface area contributed by atoms with E-state index < -0.39 is 22.6 Å². The molecule has 0 radical (unpaired) electrons. The Bertz CT molecular complexity index is 1050. The van der Waals surface area contributed by atoms with E-state index in [1.54, 1.807) is 0 Å². The van der Waals surface area contributed by atoms with Crippen molar-refractivity contribution in [2.45, 2.75) is 25.6 Å². The van der Waals surface area contributed by atoms with Gasteiger partial charge in [-0.2, -0.15) is 0 Å². The van der Waals surface area contributed by atoms with E-state index in [-0.39, 0.29) is 17.8 Å². The third-order valence-electron chi connectivity index (χ3n) is 5.26. The highest BCUT2D eigenvalue weighted by Gasteiger charge is 2.31. The maximum Gasteiger partial charge on any atom is 0.269 e. The molecule has 2 aromatic carbocycles. The van der Waals surface area contributed by atoms with Crippen LogP contribution >= 0.6 is 11.6 Å². The number of rotatable bonds is 4. The van der Waals surface area contributed by atoms with Gasteiger partial charge in [-0.05, 0) is 36.8 Å². The second-order valence-corrected chi connectivity index (χ2v) is 7.42. The van der Waals surface area contributed by atoms with Gasteiger partial charge in [0, 0.05) is 59.8 Å². The summed E-state index contributed by atoms with van der Waals surface area (Å²) < 4.78 is 30.7. The Morgan fingerprint density at radius 2 is 1.86 bits per heavy atom. The average molecular weight is 418 g/mol. The van der Waals surface area contributed by atoms with Gasteiger partial charge in [-0.15, -0.1) is 0 Å². The van der Waals surface area contributed by atoms with Crippen molar-refractivity contribution in [3.05, 3.63) is 98.3 Å². The van der Waals surface area contributed by atoms with Gasteiger partial charge in [-0.1, -0.05) is 17.7 Å². The minimum atomic E-state index is -0.617. The average Bonchev–Trinajstić information content (AvgIpc) is 3.07. The Kier molecular flexibility index (Phi) is 5.34. The highest BCUT2D eigenvalue weighted by atomic mass is 35.5. The SMILES string of the molecule is O=[N+]([O-])c1ccc(Cl)c(C2c3cccn3CCCN2Cc2c(F)cccc2F)c1. The topological polar surface area (TPSA) is 51.3 Å². The van der Waals surface area contributed by atoms with Gasteiger partial charge in [0.2, 0.25) is 0 Å². The van der Waals surface area contributed by atoms with Gasteiger partial charge >= 0.3 is 0 Å².